The van der Waals surface area contributed by atoms with Crippen LogP contribution in [0.15, 0.2) is 78.9 Å². The highest BCUT2D eigenvalue weighted by Gasteiger charge is 2.19. The van der Waals surface area contributed by atoms with Crippen LogP contribution in [0.1, 0.15) is 43.4 Å². The van der Waals surface area contributed by atoms with Crippen molar-refractivity contribution in [2.45, 2.75) is 46.3 Å². The molecular formula is C27H31NO3. The van der Waals surface area contributed by atoms with Gasteiger partial charge in [-0.15, -0.1) is 0 Å². The van der Waals surface area contributed by atoms with Gasteiger partial charge < -0.3 is 14.4 Å². The van der Waals surface area contributed by atoms with Crippen LogP contribution in [0.2, 0.25) is 0 Å². The molecule has 0 aliphatic rings. The number of carbonyl (C=O) groups is 1. The molecule has 2 unspecified atom stereocenters. The Morgan fingerprint density at radius 2 is 1.65 bits per heavy atom. The van der Waals surface area contributed by atoms with Gasteiger partial charge in [-0.2, -0.15) is 0 Å². The van der Waals surface area contributed by atoms with Gasteiger partial charge in [0.2, 0.25) is 0 Å². The molecule has 0 N–H and O–H groups in total. The van der Waals surface area contributed by atoms with Crippen LogP contribution in [0.25, 0.3) is 0 Å². The van der Waals surface area contributed by atoms with E-state index in [9.17, 15) is 4.79 Å². The molecule has 0 aromatic heterocycles. The molecule has 0 amide bonds. The predicted molar refractivity (Wildman–Crippen MR) is 126 cm³/mol. The molecule has 3 aromatic rings. The summed E-state index contributed by atoms with van der Waals surface area (Å²) in [6.45, 7) is 8.83. The monoisotopic (exact) mass is 417 g/mol. The molecule has 0 fully saturated rings. The first-order chi connectivity index (χ1) is 15.0. The summed E-state index contributed by atoms with van der Waals surface area (Å²) >= 11 is 0. The topological polar surface area (TPSA) is 38.8 Å². The van der Waals surface area contributed by atoms with Crippen molar-refractivity contribution in [3.8, 4) is 5.75 Å². The van der Waals surface area contributed by atoms with Crippen LogP contribution in [0.3, 0.4) is 0 Å². The zero-order valence-corrected chi connectivity index (χ0v) is 18.7. The molecule has 0 spiro atoms. The normalized spacial score (nSPS) is 12.6. The molecule has 162 valence electrons. The van der Waals surface area contributed by atoms with Gasteiger partial charge in [0, 0.05) is 12.2 Å². The Kier molecular flexibility index (Phi) is 7.71. The van der Waals surface area contributed by atoms with Gasteiger partial charge >= 0.3 is 6.16 Å². The quantitative estimate of drug-likeness (QED) is 0.231. The van der Waals surface area contributed by atoms with Gasteiger partial charge in [0.1, 0.15) is 5.75 Å². The largest absolute Gasteiger partial charge is 0.515 e. The average molecular weight is 418 g/mol. The second-order valence-corrected chi connectivity index (χ2v) is 7.85. The summed E-state index contributed by atoms with van der Waals surface area (Å²) in [6, 6.07) is 26.2. The van der Waals surface area contributed by atoms with Crippen LogP contribution in [0.5, 0.6) is 5.75 Å². The van der Waals surface area contributed by atoms with Crippen molar-refractivity contribution in [2.75, 3.05) is 11.4 Å². The lowest BCUT2D eigenvalue weighted by molar-refractivity contribution is 0.0645. The van der Waals surface area contributed by atoms with E-state index in [0.717, 1.165) is 17.7 Å². The second-order valence-electron chi connectivity index (χ2n) is 7.85. The van der Waals surface area contributed by atoms with Gasteiger partial charge in [-0.1, -0.05) is 61.5 Å². The Bertz CT molecular complexity index is 969. The fraction of sp³-hybridized carbons (Fsp3) is 0.296. The standard InChI is InChI=1S/C27H31NO3/c1-5-28(25-13-9-10-20(2)18-25)22(4)30-27(29)31-26-16-14-24(15-17-26)21(3)19-23-11-7-6-8-12-23/h6-18,21-22H,5,19H2,1-4H3. The third-order valence-corrected chi connectivity index (χ3v) is 5.41. The average Bonchev–Trinajstić information content (AvgIpc) is 2.75. The maximum Gasteiger partial charge on any atom is 0.515 e. The van der Waals surface area contributed by atoms with Crippen LogP contribution >= 0.6 is 0 Å². The molecular weight excluding hydrogens is 386 g/mol. The van der Waals surface area contributed by atoms with Gasteiger partial charge in [0.25, 0.3) is 0 Å². The Morgan fingerprint density at radius 3 is 2.29 bits per heavy atom. The molecule has 0 radical (unpaired) electrons. The minimum absolute atomic E-state index is 0.371. The van der Waals surface area contributed by atoms with Crippen molar-refractivity contribution in [1.29, 1.82) is 0 Å². The van der Waals surface area contributed by atoms with E-state index >= 15 is 0 Å². The number of hydrogen-bond acceptors (Lipinski definition) is 4. The van der Waals surface area contributed by atoms with Crippen LogP contribution in [-0.2, 0) is 11.2 Å². The minimum Gasteiger partial charge on any atom is -0.410 e. The lowest BCUT2D eigenvalue weighted by Gasteiger charge is -2.29. The van der Waals surface area contributed by atoms with E-state index in [4.69, 9.17) is 9.47 Å². The van der Waals surface area contributed by atoms with E-state index in [0.29, 0.717) is 18.2 Å². The first-order valence-corrected chi connectivity index (χ1v) is 10.8. The van der Waals surface area contributed by atoms with E-state index in [1.54, 1.807) is 0 Å². The Labute approximate surface area is 185 Å². The summed E-state index contributed by atoms with van der Waals surface area (Å²) in [6.07, 6.45) is -0.181. The minimum atomic E-state index is -0.705. The highest BCUT2D eigenvalue weighted by molar-refractivity contribution is 5.64. The van der Waals surface area contributed by atoms with Crippen LogP contribution in [-0.4, -0.2) is 18.9 Å². The lowest BCUT2D eigenvalue weighted by atomic mass is 9.94. The van der Waals surface area contributed by atoms with Crippen LogP contribution < -0.4 is 9.64 Å². The molecule has 3 rings (SSSR count). The van der Waals surface area contributed by atoms with E-state index in [-0.39, 0.29) is 0 Å². The summed E-state index contributed by atoms with van der Waals surface area (Å²) in [5, 5.41) is 0. The van der Waals surface area contributed by atoms with Gasteiger partial charge in [-0.05, 0) is 74.1 Å². The third-order valence-electron chi connectivity index (χ3n) is 5.41. The fourth-order valence-electron chi connectivity index (χ4n) is 3.73. The third kappa shape index (κ3) is 6.35. The molecule has 0 saturated carbocycles. The molecule has 0 aliphatic heterocycles. The van der Waals surface area contributed by atoms with Crippen molar-refractivity contribution in [3.63, 3.8) is 0 Å². The molecule has 0 bridgehead atoms. The number of rotatable bonds is 8. The van der Waals surface area contributed by atoms with Gasteiger partial charge in [0.05, 0.1) is 0 Å². The summed E-state index contributed by atoms with van der Waals surface area (Å²) in [5.41, 5.74) is 4.68. The van der Waals surface area contributed by atoms with Crippen molar-refractivity contribution in [1.82, 2.24) is 0 Å². The van der Waals surface area contributed by atoms with E-state index in [2.05, 4.69) is 37.3 Å². The zero-order chi connectivity index (χ0) is 22.2. The summed E-state index contributed by atoms with van der Waals surface area (Å²) in [5.74, 6) is 0.849. The molecule has 0 saturated heterocycles. The number of anilines is 1. The van der Waals surface area contributed by atoms with Crippen molar-refractivity contribution in [2.24, 2.45) is 0 Å². The summed E-state index contributed by atoms with van der Waals surface area (Å²) < 4.78 is 10.9. The fourth-order valence-corrected chi connectivity index (χ4v) is 3.73. The van der Waals surface area contributed by atoms with Crippen molar-refractivity contribution >= 4 is 11.8 Å². The van der Waals surface area contributed by atoms with Crippen LogP contribution in [0.4, 0.5) is 10.5 Å². The first kappa shape index (κ1) is 22.4. The molecule has 3 aromatic carbocycles. The maximum absolute atomic E-state index is 12.3. The Balaban J connectivity index is 1.56. The zero-order valence-electron chi connectivity index (χ0n) is 18.7. The number of carbonyl (C=O) groups excluding carboxylic acids is 1. The Hall–Kier alpha value is -3.27. The number of ether oxygens (including phenoxy) is 2. The van der Waals surface area contributed by atoms with E-state index < -0.39 is 12.4 Å². The SMILES string of the molecule is CCN(c1cccc(C)c1)C(C)OC(=O)Oc1ccc(C(C)Cc2ccccc2)cc1. The first-order valence-electron chi connectivity index (χ1n) is 10.8. The van der Waals surface area contributed by atoms with Gasteiger partial charge in [-0.25, -0.2) is 4.79 Å². The highest BCUT2D eigenvalue weighted by atomic mass is 16.7. The number of nitrogens with zero attached hydrogens (tertiary/aromatic N) is 1. The maximum atomic E-state index is 12.3. The Morgan fingerprint density at radius 1 is 0.935 bits per heavy atom. The molecule has 0 aliphatic carbocycles. The van der Waals surface area contributed by atoms with Gasteiger partial charge in [-0.3, -0.25) is 0 Å². The van der Waals surface area contributed by atoms with Gasteiger partial charge in [0.15, 0.2) is 6.23 Å². The molecule has 31 heavy (non-hydrogen) atoms. The summed E-state index contributed by atoms with van der Waals surface area (Å²) in [7, 11) is 0. The van der Waals surface area contributed by atoms with E-state index in [1.165, 1.54) is 11.1 Å². The van der Waals surface area contributed by atoms with E-state index in [1.807, 2.05) is 74.2 Å². The molecule has 4 heteroatoms. The summed E-state index contributed by atoms with van der Waals surface area (Å²) in [4.78, 5) is 14.3. The number of benzene rings is 3. The number of hydrogen-bond donors (Lipinski definition) is 0. The molecule has 0 heterocycles. The second kappa shape index (κ2) is 10.7. The number of aryl methyl sites for hydroxylation is 1. The van der Waals surface area contributed by atoms with Crippen molar-refractivity contribution < 1.29 is 14.3 Å². The smallest absolute Gasteiger partial charge is 0.410 e. The molecule has 4 nitrogen and oxygen atoms in total. The van der Waals surface area contributed by atoms with Crippen molar-refractivity contribution in [3.05, 3.63) is 95.6 Å². The highest BCUT2D eigenvalue weighted by Crippen LogP contribution is 2.24. The molecule has 2 atom stereocenters. The lowest BCUT2D eigenvalue weighted by Crippen LogP contribution is -2.37. The predicted octanol–water partition coefficient (Wildman–Crippen LogP) is 6.73. The van der Waals surface area contributed by atoms with Crippen LogP contribution in [0, 0.1) is 6.92 Å².